The normalized spacial score (nSPS) is 19.0. The predicted molar refractivity (Wildman–Crippen MR) is 170 cm³/mol. The number of nitrogens with zero attached hydrogens (tertiary/aromatic N) is 3. The molecule has 2 aromatic heterocycles. The second-order valence-electron chi connectivity index (χ2n) is 13.2. The van der Waals surface area contributed by atoms with E-state index in [4.69, 9.17) is 15.5 Å². The molecule has 0 unspecified atom stereocenters. The smallest absolute Gasteiger partial charge is 0.271 e. The number of fused-ring (bicyclic) bond motifs is 2. The van der Waals surface area contributed by atoms with Gasteiger partial charge in [0.2, 0.25) is 0 Å². The molecule has 3 N–H and O–H groups in total. The zero-order valence-electron chi connectivity index (χ0n) is 26.2. The van der Waals surface area contributed by atoms with E-state index < -0.39 is 28.8 Å². The third-order valence-corrected chi connectivity index (χ3v) is 9.02. The van der Waals surface area contributed by atoms with Crippen LogP contribution in [0.15, 0.2) is 60.8 Å². The van der Waals surface area contributed by atoms with E-state index in [1.165, 1.54) is 24.3 Å². The quantitative estimate of drug-likeness (QED) is 0.267. The number of aromatic nitrogens is 2. The number of halogens is 2. The van der Waals surface area contributed by atoms with Crippen LogP contribution in [0.4, 0.5) is 14.5 Å². The van der Waals surface area contributed by atoms with Crippen LogP contribution in [0.1, 0.15) is 77.0 Å². The number of pyridine rings is 2. The fourth-order valence-corrected chi connectivity index (χ4v) is 6.69. The highest BCUT2D eigenvalue weighted by Gasteiger charge is 2.58. The molecule has 1 spiro atoms. The van der Waals surface area contributed by atoms with Gasteiger partial charge in [0.1, 0.15) is 17.4 Å². The number of nitrogens with two attached hydrogens (primary N) is 1. The first kappa shape index (κ1) is 30.5. The molecule has 9 nitrogen and oxygen atoms in total. The summed E-state index contributed by atoms with van der Waals surface area (Å²) in [5.74, 6) is -1.67. The Balaban J connectivity index is 1.39. The molecule has 1 aliphatic carbocycles. The molecule has 1 atom stereocenters. The molecular weight excluding hydrogens is 604 g/mol. The number of carbonyl (C=O) groups is 3. The van der Waals surface area contributed by atoms with Crippen LogP contribution in [-0.4, -0.2) is 33.3 Å². The number of nitrogens with one attached hydrogen (secondary N) is 1. The van der Waals surface area contributed by atoms with Gasteiger partial charge in [-0.05, 0) is 66.8 Å². The summed E-state index contributed by atoms with van der Waals surface area (Å²) in [6.45, 7) is 5.98. The summed E-state index contributed by atoms with van der Waals surface area (Å²) in [5.41, 5.74) is 8.02. The Labute approximate surface area is 270 Å². The van der Waals surface area contributed by atoms with Crippen molar-refractivity contribution in [3.8, 4) is 16.9 Å². The minimum absolute atomic E-state index is 0.108. The maximum atomic E-state index is 13.9. The Morgan fingerprint density at radius 1 is 1.04 bits per heavy atom. The Morgan fingerprint density at radius 2 is 1.77 bits per heavy atom. The first-order valence-electron chi connectivity index (χ1n) is 15.6. The monoisotopic (exact) mass is 637 g/mol. The standard InChI is InChI=1S/C36H33F2N5O4/c1-19(2)14-25-29(32(39)44)28(30-31(41-25)35(3,42-33(30)45)16-20-4-7-22(37)8-5-20)21-6-11-26-27(15-21)47-36(12-13-36)34(46)43(26)18-24-10-9-23(38)17-40-24/h4-11,15,17,19H,12-14,16,18H2,1-3H3,(H2,39,44)(H,42,45)/t35-/m0/s1. The van der Waals surface area contributed by atoms with Crippen LogP contribution in [0.25, 0.3) is 11.1 Å². The molecule has 4 aromatic rings. The Bertz CT molecular complexity index is 1960. The van der Waals surface area contributed by atoms with Gasteiger partial charge in [-0.2, -0.15) is 0 Å². The van der Waals surface area contributed by atoms with Crippen molar-refractivity contribution in [2.24, 2.45) is 11.7 Å². The first-order chi connectivity index (χ1) is 22.4. The van der Waals surface area contributed by atoms with Crippen molar-refractivity contribution in [2.45, 2.75) is 64.1 Å². The van der Waals surface area contributed by atoms with Crippen LogP contribution in [0.3, 0.4) is 0 Å². The average molecular weight is 638 g/mol. The summed E-state index contributed by atoms with van der Waals surface area (Å²) < 4.78 is 33.6. The summed E-state index contributed by atoms with van der Waals surface area (Å²) in [6.07, 6.45) is 2.93. The van der Waals surface area contributed by atoms with Crippen LogP contribution >= 0.6 is 0 Å². The van der Waals surface area contributed by atoms with Gasteiger partial charge in [0.15, 0.2) is 5.60 Å². The van der Waals surface area contributed by atoms with Crippen molar-refractivity contribution in [3.63, 3.8) is 0 Å². The number of carbonyl (C=O) groups excluding carboxylic acids is 3. The third kappa shape index (κ3) is 5.29. The Hall–Kier alpha value is -5.19. The molecule has 3 amide bonds. The largest absolute Gasteiger partial charge is 0.475 e. The van der Waals surface area contributed by atoms with Crippen LogP contribution in [0, 0.1) is 17.6 Å². The van der Waals surface area contributed by atoms with Crippen molar-refractivity contribution < 1.29 is 27.9 Å². The van der Waals surface area contributed by atoms with E-state index in [1.54, 1.807) is 35.2 Å². The van der Waals surface area contributed by atoms with Gasteiger partial charge in [-0.15, -0.1) is 0 Å². The van der Waals surface area contributed by atoms with Gasteiger partial charge in [0, 0.05) is 24.8 Å². The number of rotatable bonds is 8. The highest BCUT2D eigenvalue weighted by molar-refractivity contribution is 6.12. The lowest BCUT2D eigenvalue weighted by molar-refractivity contribution is -0.128. The molecule has 4 heterocycles. The van der Waals surface area contributed by atoms with Crippen molar-refractivity contribution in [2.75, 3.05) is 4.90 Å². The molecule has 2 aromatic carbocycles. The van der Waals surface area contributed by atoms with Gasteiger partial charge < -0.3 is 15.8 Å². The molecule has 3 aliphatic rings. The lowest BCUT2D eigenvalue weighted by atomic mass is 9.84. The highest BCUT2D eigenvalue weighted by Crippen LogP contribution is 2.51. The fraction of sp³-hybridized carbons (Fsp3) is 0.306. The molecule has 0 bridgehead atoms. The fourth-order valence-electron chi connectivity index (χ4n) is 6.69. The average Bonchev–Trinajstić information content (AvgIpc) is 3.75. The molecule has 2 aliphatic heterocycles. The van der Waals surface area contributed by atoms with Gasteiger partial charge in [-0.25, -0.2) is 8.78 Å². The molecule has 0 radical (unpaired) electrons. The lowest BCUT2D eigenvalue weighted by Crippen LogP contribution is -2.47. The van der Waals surface area contributed by atoms with Gasteiger partial charge in [0.05, 0.1) is 52.2 Å². The van der Waals surface area contributed by atoms with E-state index in [9.17, 15) is 23.2 Å². The maximum Gasteiger partial charge on any atom is 0.271 e. The number of hydrogen-bond acceptors (Lipinski definition) is 6. The minimum Gasteiger partial charge on any atom is -0.475 e. The van der Waals surface area contributed by atoms with Gasteiger partial charge in [-0.3, -0.25) is 29.3 Å². The van der Waals surface area contributed by atoms with Crippen LogP contribution < -0.4 is 20.7 Å². The molecule has 240 valence electrons. The zero-order chi connectivity index (χ0) is 33.2. The van der Waals surface area contributed by atoms with Gasteiger partial charge >= 0.3 is 0 Å². The van der Waals surface area contributed by atoms with Crippen LogP contribution in [0.5, 0.6) is 5.75 Å². The van der Waals surface area contributed by atoms with E-state index in [-0.39, 0.29) is 35.3 Å². The van der Waals surface area contributed by atoms with Crippen molar-refractivity contribution in [3.05, 3.63) is 106 Å². The van der Waals surface area contributed by atoms with Crippen LogP contribution in [-0.2, 0) is 29.7 Å². The maximum absolute atomic E-state index is 13.9. The number of anilines is 1. The number of primary amides is 1. The second kappa shape index (κ2) is 11.0. The second-order valence-corrected chi connectivity index (χ2v) is 13.2. The molecule has 1 saturated carbocycles. The summed E-state index contributed by atoms with van der Waals surface area (Å²) in [4.78, 5) is 51.3. The third-order valence-electron chi connectivity index (χ3n) is 9.02. The number of amides is 3. The van der Waals surface area contributed by atoms with E-state index in [2.05, 4.69) is 10.3 Å². The summed E-state index contributed by atoms with van der Waals surface area (Å²) in [5, 5.41) is 3.08. The summed E-state index contributed by atoms with van der Waals surface area (Å²) in [6, 6.07) is 14.1. The van der Waals surface area contributed by atoms with Gasteiger partial charge in [-0.1, -0.05) is 32.0 Å². The molecule has 7 rings (SSSR count). The topological polar surface area (TPSA) is 128 Å². The summed E-state index contributed by atoms with van der Waals surface area (Å²) in [7, 11) is 0. The van der Waals surface area contributed by atoms with E-state index in [1.807, 2.05) is 20.8 Å². The lowest BCUT2D eigenvalue weighted by Gasteiger charge is -2.35. The highest BCUT2D eigenvalue weighted by atomic mass is 19.1. The van der Waals surface area contributed by atoms with E-state index in [0.717, 1.165) is 11.8 Å². The van der Waals surface area contributed by atoms with E-state index in [0.29, 0.717) is 65.3 Å². The van der Waals surface area contributed by atoms with Crippen LogP contribution in [0.2, 0.25) is 0 Å². The Kier molecular flexibility index (Phi) is 7.11. The molecule has 1 fully saturated rings. The van der Waals surface area contributed by atoms with Gasteiger partial charge in [0.25, 0.3) is 17.7 Å². The SMILES string of the molecule is CC(C)Cc1nc2c(c(-c3ccc4c(c3)OC3(CC3)C(=O)N4Cc3ccc(F)cn3)c1C(N)=O)C(=O)N[C@@]2(C)Cc1ccc(F)cc1. The first-order valence-corrected chi connectivity index (χ1v) is 15.6. The minimum atomic E-state index is -1.02. The molecule has 47 heavy (non-hydrogen) atoms. The number of benzene rings is 2. The predicted octanol–water partition coefficient (Wildman–Crippen LogP) is 5.38. The van der Waals surface area contributed by atoms with Crippen molar-refractivity contribution in [1.82, 2.24) is 15.3 Å². The molecule has 11 heteroatoms. The number of ether oxygens (including phenoxy) is 1. The summed E-state index contributed by atoms with van der Waals surface area (Å²) >= 11 is 0. The molecule has 0 saturated heterocycles. The zero-order valence-corrected chi connectivity index (χ0v) is 26.2. The van der Waals surface area contributed by atoms with E-state index >= 15 is 0 Å². The number of hydrogen-bond donors (Lipinski definition) is 2. The Morgan fingerprint density at radius 3 is 2.40 bits per heavy atom. The van der Waals surface area contributed by atoms with Crippen molar-refractivity contribution >= 4 is 23.4 Å². The molecular formula is C36H33F2N5O4. The van der Waals surface area contributed by atoms with Crippen molar-refractivity contribution in [1.29, 1.82) is 0 Å².